The molecule has 3 N–H and O–H groups in total. The van der Waals surface area contributed by atoms with Crippen molar-refractivity contribution in [3.63, 3.8) is 0 Å². The Bertz CT molecular complexity index is 599. The molecular formula is C16H17ClN2O2. The molecule has 0 spiro atoms. The van der Waals surface area contributed by atoms with E-state index in [1.165, 1.54) is 0 Å². The Balaban J connectivity index is 1.69. The number of rotatable bonds is 5. The molecule has 0 radical (unpaired) electrons. The van der Waals surface area contributed by atoms with Crippen molar-refractivity contribution >= 4 is 17.6 Å². The predicted octanol–water partition coefficient (Wildman–Crippen LogP) is 3.09. The quantitative estimate of drug-likeness (QED) is 0.795. The van der Waals surface area contributed by atoms with E-state index in [0.29, 0.717) is 24.5 Å². The largest absolute Gasteiger partial charge is 0.508 e. The molecular weight excluding hydrogens is 288 g/mol. The van der Waals surface area contributed by atoms with Crippen molar-refractivity contribution in [3.05, 3.63) is 64.7 Å². The van der Waals surface area contributed by atoms with E-state index >= 15 is 0 Å². The van der Waals surface area contributed by atoms with Gasteiger partial charge in [-0.25, -0.2) is 4.79 Å². The number of carbonyl (C=O) groups excluding carboxylic acids is 1. The molecule has 2 aromatic carbocycles. The minimum atomic E-state index is -0.214. The third kappa shape index (κ3) is 5.36. The van der Waals surface area contributed by atoms with Crippen LogP contribution in [0.4, 0.5) is 4.79 Å². The Morgan fingerprint density at radius 1 is 1.05 bits per heavy atom. The monoisotopic (exact) mass is 304 g/mol. The van der Waals surface area contributed by atoms with Crippen LogP contribution in [0.1, 0.15) is 11.1 Å². The van der Waals surface area contributed by atoms with Crippen LogP contribution in [0.3, 0.4) is 0 Å². The summed E-state index contributed by atoms with van der Waals surface area (Å²) in [7, 11) is 0. The number of hydrogen-bond acceptors (Lipinski definition) is 2. The normalized spacial score (nSPS) is 10.1. The van der Waals surface area contributed by atoms with Crippen molar-refractivity contribution in [2.75, 3.05) is 6.54 Å². The molecule has 110 valence electrons. The molecule has 0 unspecified atom stereocenters. The molecule has 2 amide bonds. The maximum atomic E-state index is 11.7. The van der Waals surface area contributed by atoms with Crippen molar-refractivity contribution in [2.45, 2.75) is 13.0 Å². The summed E-state index contributed by atoms with van der Waals surface area (Å²) in [4.78, 5) is 11.7. The van der Waals surface area contributed by atoms with Gasteiger partial charge in [-0.15, -0.1) is 0 Å². The Morgan fingerprint density at radius 2 is 1.81 bits per heavy atom. The van der Waals surface area contributed by atoms with Crippen LogP contribution in [0.25, 0.3) is 0 Å². The lowest BCUT2D eigenvalue weighted by Crippen LogP contribution is -2.36. The number of halogens is 1. The zero-order valence-corrected chi connectivity index (χ0v) is 12.2. The number of amides is 2. The molecule has 0 bridgehead atoms. The van der Waals surface area contributed by atoms with Gasteiger partial charge in [0.1, 0.15) is 5.75 Å². The molecule has 0 aliphatic carbocycles. The first-order valence-corrected chi connectivity index (χ1v) is 7.05. The Kier molecular flexibility index (Phi) is 5.46. The first-order valence-electron chi connectivity index (χ1n) is 6.67. The number of aromatic hydroxyl groups is 1. The molecule has 0 atom stereocenters. The van der Waals surface area contributed by atoms with Gasteiger partial charge in [0.25, 0.3) is 0 Å². The average molecular weight is 305 g/mol. The zero-order chi connectivity index (χ0) is 15.1. The Hall–Kier alpha value is -2.20. The zero-order valence-electron chi connectivity index (χ0n) is 11.5. The van der Waals surface area contributed by atoms with Crippen molar-refractivity contribution in [2.24, 2.45) is 0 Å². The lowest BCUT2D eigenvalue weighted by atomic mass is 10.1. The van der Waals surface area contributed by atoms with Crippen LogP contribution in [0.5, 0.6) is 5.75 Å². The highest BCUT2D eigenvalue weighted by Crippen LogP contribution is 2.10. The second kappa shape index (κ2) is 7.55. The third-order valence-electron chi connectivity index (χ3n) is 2.98. The summed E-state index contributed by atoms with van der Waals surface area (Å²) in [6.07, 6.45) is 0.713. The van der Waals surface area contributed by atoms with Crippen LogP contribution in [0.2, 0.25) is 5.02 Å². The van der Waals surface area contributed by atoms with Crippen LogP contribution < -0.4 is 10.6 Å². The van der Waals surface area contributed by atoms with Crippen molar-refractivity contribution < 1.29 is 9.90 Å². The summed E-state index contributed by atoms with van der Waals surface area (Å²) in [6, 6.07) is 14.1. The molecule has 4 nitrogen and oxygen atoms in total. The van der Waals surface area contributed by atoms with Gasteiger partial charge in [-0.2, -0.15) is 0 Å². The summed E-state index contributed by atoms with van der Waals surface area (Å²) in [5, 5.41) is 15.4. The maximum absolute atomic E-state index is 11.7. The first kappa shape index (κ1) is 15.2. The molecule has 0 saturated heterocycles. The van der Waals surface area contributed by atoms with Gasteiger partial charge in [0.05, 0.1) is 0 Å². The lowest BCUT2D eigenvalue weighted by molar-refractivity contribution is 0.240. The van der Waals surface area contributed by atoms with Crippen molar-refractivity contribution in [1.29, 1.82) is 0 Å². The fourth-order valence-corrected chi connectivity index (χ4v) is 2.09. The first-order chi connectivity index (χ1) is 10.1. The highest BCUT2D eigenvalue weighted by molar-refractivity contribution is 6.30. The van der Waals surface area contributed by atoms with Gasteiger partial charge in [-0.05, 0) is 41.8 Å². The molecule has 0 aliphatic rings. The van der Waals surface area contributed by atoms with E-state index in [0.717, 1.165) is 11.1 Å². The van der Waals surface area contributed by atoms with Gasteiger partial charge in [-0.3, -0.25) is 0 Å². The number of hydrogen-bond donors (Lipinski definition) is 3. The van der Waals surface area contributed by atoms with E-state index in [9.17, 15) is 9.90 Å². The number of urea groups is 1. The summed E-state index contributed by atoms with van der Waals surface area (Å²) in [6.45, 7) is 0.970. The topological polar surface area (TPSA) is 61.4 Å². The minimum Gasteiger partial charge on any atom is -0.508 e. The maximum Gasteiger partial charge on any atom is 0.315 e. The Morgan fingerprint density at radius 3 is 2.52 bits per heavy atom. The van der Waals surface area contributed by atoms with Crippen LogP contribution >= 0.6 is 11.6 Å². The number of nitrogens with one attached hydrogen (secondary N) is 2. The molecule has 2 rings (SSSR count). The number of benzene rings is 2. The smallest absolute Gasteiger partial charge is 0.315 e. The minimum absolute atomic E-state index is 0.214. The Labute approximate surface area is 128 Å². The van der Waals surface area contributed by atoms with E-state index in [-0.39, 0.29) is 11.8 Å². The molecule has 2 aromatic rings. The highest BCUT2D eigenvalue weighted by Gasteiger charge is 2.01. The van der Waals surface area contributed by atoms with E-state index in [4.69, 9.17) is 11.6 Å². The summed E-state index contributed by atoms with van der Waals surface area (Å²) in [5.74, 6) is 0.242. The molecule has 21 heavy (non-hydrogen) atoms. The van der Waals surface area contributed by atoms with E-state index in [1.54, 1.807) is 18.2 Å². The van der Waals surface area contributed by atoms with Crippen molar-refractivity contribution in [1.82, 2.24) is 10.6 Å². The molecule has 0 heterocycles. The molecule has 0 aromatic heterocycles. The van der Waals surface area contributed by atoms with E-state index < -0.39 is 0 Å². The van der Waals surface area contributed by atoms with Gasteiger partial charge in [0, 0.05) is 18.1 Å². The summed E-state index contributed by atoms with van der Waals surface area (Å²) >= 11 is 5.88. The number of carbonyl (C=O) groups is 1. The van der Waals surface area contributed by atoms with Crippen LogP contribution in [-0.4, -0.2) is 17.7 Å². The van der Waals surface area contributed by atoms with Gasteiger partial charge >= 0.3 is 6.03 Å². The second-order valence-electron chi connectivity index (χ2n) is 4.66. The number of phenolic OH excluding ortho intramolecular Hbond substituents is 1. The average Bonchev–Trinajstić information content (AvgIpc) is 2.47. The van der Waals surface area contributed by atoms with Crippen LogP contribution in [-0.2, 0) is 13.0 Å². The van der Waals surface area contributed by atoms with Gasteiger partial charge < -0.3 is 15.7 Å². The SMILES string of the molecule is O=C(NCCc1ccc(O)cc1)NCc1cccc(Cl)c1. The summed E-state index contributed by atoms with van der Waals surface area (Å²) in [5.41, 5.74) is 2.01. The lowest BCUT2D eigenvalue weighted by Gasteiger charge is -2.08. The standard InChI is InChI=1S/C16H17ClN2O2/c17-14-3-1-2-13(10-14)11-19-16(21)18-9-8-12-4-6-15(20)7-5-12/h1-7,10,20H,8-9,11H2,(H2,18,19,21). The molecule has 0 saturated carbocycles. The second-order valence-corrected chi connectivity index (χ2v) is 5.09. The fourth-order valence-electron chi connectivity index (χ4n) is 1.87. The van der Waals surface area contributed by atoms with Gasteiger partial charge in [0.15, 0.2) is 0 Å². The van der Waals surface area contributed by atoms with Gasteiger partial charge in [0.2, 0.25) is 0 Å². The molecule has 0 fully saturated rings. The highest BCUT2D eigenvalue weighted by atomic mass is 35.5. The molecule has 0 aliphatic heterocycles. The van der Waals surface area contributed by atoms with E-state index in [1.807, 2.05) is 30.3 Å². The number of phenols is 1. The van der Waals surface area contributed by atoms with Gasteiger partial charge in [-0.1, -0.05) is 35.9 Å². The van der Waals surface area contributed by atoms with E-state index in [2.05, 4.69) is 10.6 Å². The molecule has 5 heteroatoms. The third-order valence-corrected chi connectivity index (χ3v) is 3.21. The predicted molar refractivity (Wildman–Crippen MR) is 83.5 cm³/mol. The van der Waals surface area contributed by atoms with Crippen LogP contribution in [0, 0.1) is 0 Å². The fraction of sp³-hybridized carbons (Fsp3) is 0.188. The van der Waals surface area contributed by atoms with Crippen molar-refractivity contribution in [3.8, 4) is 5.75 Å². The van der Waals surface area contributed by atoms with Crippen LogP contribution in [0.15, 0.2) is 48.5 Å². The summed E-state index contributed by atoms with van der Waals surface area (Å²) < 4.78 is 0.